The highest BCUT2D eigenvalue weighted by atomic mass is 16.2. The number of carbonyl (C=O) groups is 1. The van der Waals surface area contributed by atoms with Crippen LogP contribution in [-0.4, -0.2) is 65.3 Å². The van der Waals surface area contributed by atoms with Crippen LogP contribution in [0.3, 0.4) is 0 Å². The van der Waals surface area contributed by atoms with Gasteiger partial charge in [-0.15, -0.1) is 0 Å². The van der Waals surface area contributed by atoms with Crippen molar-refractivity contribution in [3.05, 3.63) is 54.6 Å². The molecule has 0 aliphatic carbocycles. The Kier molecular flexibility index (Phi) is 6.07. The van der Waals surface area contributed by atoms with Crippen LogP contribution in [0.25, 0.3) is 10.9 Å². The molecule has 32 heavy (non-hydrogen) atoms. The van der Waals surface area contributed by atoms with Crippen molar-refractivity contribution in [2.24, 2.45) is 4.99 Å². The zero-order valence-corrected chi connectivity index (χ0v) is 18.5. The number of benzene rings is 1. The predicted molar refractivity (Wildman–Crippen MR) is 128 cm³/mol. The monoisotopic (exact) mass is 430 g/mol. The van der Waals surface area contributed by atoms with E-state index >= 15 is 0 Å². The molecule has 4 rings (SSSR count). The van der Waals surface area contributed by atoms with Crippen molar-refractivity contribution in [3.63, 3.8) is 0 Å². The largest absolute Gasteiger partial charge is 0.354 e. The lowest BCUT2D eigenvalue weighted by Crippen LogP contribution is -2.27. The summed E-state index contributed by atoms with van der Waals surface area (Å²) in [5, 5.41) is 4.37. The second kappa shape index (κ2) is 9.09. The molecular formula is C23H26N8O. The van der Waals surface area contributed by atoms with Gasteiger partial charge in [0.25, 0.3) is 0 Å². The first-order chi connectivity index (χ1) is 15.5. The van der Waals surface area contributed by atoms with Crippen molar-refractivity contribution in [1.29, 1.82) is 0 Å². The molecule has 9 heteroatoms. The van der Waals surface area contributed by atoms with Gasteiger partial charge in [-0.3, -0.25) is 9.79 Å². The smallest absolute Gasteiger partial charge is 0.250 e. The van der Waals surface area contributed by atoms with Crippen molar-refractivity contribution < 1.29 is 4.79 Å². The first-order valence-corrected chi connectivity index (χ1v) is 10.4. The van der Waals surface area contributed by atoms with Gasteiger partial charge in [0.1, 0.15) is 11.6 Å². The molecule has 1 unspecified atom stereocenters. The number of aromatic nitrogens is 4. The van der Waals surface area contributed by atoms with E-state index in [1.807, 2.05) is 25.1 Å². The molecule has 1 aromatic carbocycles. The van der Waals surface area contributed by atoms with Gasteiger partial charge in [-0.25, -0.2) is 19.9 Å². The highest BCUT2D eigenvalue weighted by Crippen LogP contribution is 2.30. The number of nitrogens with one attached hydrogen (secondary N) is 1. The molecule has 1 fully saturated rings. The molecule has 1 saturated heterocycles. The zero-order chi connectivity index (χ0) is 22.7. The van der Waals surface area contributed by atoms with Crippen LogP contribution in [0.5, 0.6) is 0 Å². The van der Waals surface area contributed by atoms with Crippen LogP contribution in [0, 0.1) is 6.92 Å². The van der Waals surface area contributed by atoms with Crippen molar-refractivity contribution in [1.82, 2.24) is 19.9 Å². The van der Waals surface area contributed by atoms with Gasteiger partial charge >= 0.3 is 0 Å². The number of amides is 1. The van der Waals surface area contributed by atoms with E-state index in [0.29, 0.717) is 11.8 Å². The number of carbonyl (C=O) groups excluding carboxylic acids is 1. The van der Waals surface area contributed by atoms with Gasteiger partial charge in [0.05, 0.1) is 5.52 Å². The Morgan fingerprint density at radius 3 is 2.81 bits per heavy atom. The Bertz CT molecular complexity index is 1170. The molecule has 9 nitrogen and oxygen atoms in total. The first kappa shape index (κ1) is 21.4. The molecule has 0 radical (unpaired) electrons. The van der Waals surface area contributed by atoms with Gasteiger partial charge in [0.2, 0.25) is 11.9 Å². The predicted octanol–water partition coefficient (Wildman–Crippen LogP) is 2.62. The quantitative estimate of drug-likeness (QED) is 0.474. The average Bonchev–Trinajstić information content (AvgIpc) is 3.26. The maximum Gasteiger partial charge on any atom is 0.250 e. The summed E-state index contributed by atoms with van der Waals surface area (Å²) in [5.74, 6) is 2.03. The molecular weight excluding hydrogens is 404 g/mol. The minimum Gasteiger partial charge on any atom is -0.354 e. The number of aliphatic imine (C=N–C) groups is 1. The molecule has 2 aromatic heterocycles. The lowest BCUT2D eigenvalue weighted by molar-refractivity contribution is -0.113. The first-order valence-electron chi connectivity index (χ1n) is 10.4. The number of aryl methyl sites for hydroxylation is 1. The van der Waals surface area contributed by atoms with Crippen LogP contribution in [0.4, 0.5) is 17.5 Å². The van der Waals surface area contributed by atoms with E-state index in [2.05, 4.69) is 36.7 Å². The van der Waals surface area contributed by atoms with Crippen LogP contribution < -0.4 is 15.1 Å². The van der Waals surface area contributed by atoms with E-state index in [-0.39, 0.29) is 11.9 Å². The third-order valence-corrected chi connectivity index (χ3v) is 5.44. The van der Waals surface area contributed by atoms with E-state index in [0.717, 1.165) is 47.5 Å². The van der Waals surface area contributed by atoms with E-state index < -0.39 is 0 Å². The summed E-state index contributed by atoms with van der Waals surface area (Å²) in [7, 11) is 3.44. The lowest BCUT2D eigenvalue weighted by Gasteiger charge is -2.21. The molecule has 1 N–H and O–H groups in total. The number of rotatable bonds is 6. The summed E-state index contributed by atoms with van der Waals surface area (Å²) in [6.07, 6.45) is 7.47. The number of likely N-dealkylation sites (N-methyl/N-ethyl adjacent to an activating group) is 1. The van der Waals surface area contributed by atoms with Crippen molar-refractivity contribution in [3.8, 4) is 0 Å². The number of hydrogen-bond donors (Lipinski definition) is 1. The van der Waals surface area contributed by atoms with Gasteiger partial charge < -0.3 is 15.1 Å². The maximum absolute atomic E-state index is 12.0. The molecule has 1 aliphatic rings. The average molecular weight is 431 g/mol. The minimum atomic E-state index is -0.166. The molecule has 0 bridgehead atoms. The number of hydrogen-bond acceptors (Lipinski definition) is 8. The normalized spacial score (nSPS) is 16.0. The summed E-state index contributed by atoms with van der Waals surface area (Å²) in [6, 6.07) is 6.01. The molecule has 164 valence electrons. The molecule has 3 aromatic rings. The van der Waals surface area contributed by atoms with Crippen LogP contribution in [0.1, 0.15) is 17.8 Å². The van der Waals surface area contributed by atoms with E-state index in [1.165, 1.54) is 6.08 Å². The van der Waals surface area contributed by atoms with Crippen LogP contribution in [-0.2, 0) is 4.79 Å². The maximum atomic E-state index is 12.0. The van der Waals surface area contributed by atoms with Crippen LogP contribution >= 0.6 is 0 Å². The fraction of sp³-hybridized carbons (Fsp3) is 0.304. The molecule has 0 spiro atoms. The molecule has 0 saturated carbocycles. The van der Waals surface area contributed by atoms with Crippen LogP contribution in [0.15, 0.2) is 48.2 Å². The van der Waals surface area contributed by atoms with Crippen molar-refractivity contribution in [2.45, 2.75) is 19.4 Å². The number of nitrogens with zero attached hydrogens (tertiary/aromatic N) is 7. The molecule has 3 heterocycles. The Morgan fingerprint density at radius 1 is 1.31 bits per heavy atom. The zero-order valence-electron chi connectivity index (χ0n) is 18.5. The molecule has 1 atom stereocenters. The lowest BCUT2D eigenvalue weighted by atomic mass is 10.2. The topological polar surface area (TPSA) is 99.5 Å². The summed E-state index contributed by atoms with van der Waals surface area (Å²) in [6.45, 7) is 7.08. The number of anilines is 3. The second-order valence-corrected chi connectivity index (χ2v) is 7.70. The Balaban J connectivity index is 1.54. The van der Waals surface area contributed by atoms with Gasteiger partial charge in [-0.1, -0.05) is 6.58 Å². The summed E-state index contributed by atoms with van der Waals surface area (Å²) in [5.41, 5.74) is 2.44. The van der Waals surface area contributed by atoms with Crippen molar-refractivity contribution >= 4 is 40.5 Å². The standard InChI is InChI=1S/C23H26N8O/c1-5-21(32)30(4)18-6-7-19-20(10-18)27-15(2)28-22(19)31-9-8-17(14-31)29-23-25-12-16(11-24-3)13-26-23/h5-7,10-13,17H,1,8-9,14H2,2-4H3,(H,25,26,29)/b24-11-. The SMILES string of the molecule is C=CC(=O)N(C)c1ccc2c(N3CCC(Nc4ncc(/C=N\C)cn4)C3)nc(C)nc2c1. The Hall–Kier alpha value is -3.88. The highest BCUT2D eigenvalue weighted by Gasteiger charge is 2.26. The van der Waals surface area contributed by atoms with Gasteiger partial charge in [-0.05, 0) is 37.6 Å². The summed E-state index contributed by atoms with van der Waals surface area (Å²) >= 11 is 0. The van der Waals surface area contributed by atoms with Crippen molar-refractivity contribution in [2.75, 3.05) is 42.3 Å². The van der Waals surface area contributed by atoms with E-state index in [1.54, 1.807) is 37.6 Å². The molecule has 1 amide bonds. The third-order valence-electron chi connectivity index (χ3n) is 5.44. The molecule has 1 aliphatic heterocycles. The Labute approximate surface area is 186 Å². The Morgan fingerprint density at radius 2 is 2.09 bits per heavy atom. The van der Waals surface area contributed by atoms with E-state index in [4.69, 9.17) is 4.98 Å². The fourth-order valence-electron chi connectivity index (χ4n) is 3.81. The highest BCUT2D eigenvalue weighted by molar-refractivity contribution is 6.02. The third kappa shape index (κ3) is 4.41. The minimum absolute atomic E-state index is 0.166. The summed E-state index contributed by atoms with van der Waals surface area (Å²) < 4.78 is 0. The second-order valence-electron chi connectivity index (χ2n) is 7.70. The fourth-order valence-corrected chi connectivity index (χ4v) is 3.81. The summed E-state index contributed by atoms with van der Waals surface area (Å²) in [4.78, 5) is 37.8. The van der Waals surface area contributed by atoms with Crippen LogP contribution in [0.2, 0.25) is 0 Å². The van der Waals surface area contributed by atoms with Gasteiger partial charge in [0, 0.05) is 68.5 Å². The number of fused-ring (bicyclic) bond motifs is 1. The van der Waals surface area contributed by atoms with Gasteiger partial charge in [-0.2, -0.15) is 0 Å². The van der Waals surface area contributed by atoms with Gasteiger partial charge in [0.15, 0.2) is 0 Å². The van der Waals surface area contributed by atoms with E-state index in [9.17, 15) is 4.79 Å².